The topological polar surface area (TPSA) is 12.0 Å². The van der Waals surface area contributed by atoms with Crippen molar-refractivity contribution >= 4 is 0 Å². The highest BCUT2D eigenvalue weighted by atomic mass is 19.3. The number of halogens is 2. The second kappa shape index (κ2) is 4.73. The zero-order chi connectivity index (χ0) is 12.5. The van der Waals surface area contributed by atoms with Gasteiger partial charge in [0.05, 0.1) is 0 Å². The summed E-state index contributed by atoms with van der Waals surface area (Å²) in [7, 11) is 0. The van der Waals surface area contributed by atoms with Crippen LogP contribution in [0.1, 0.15) is 29.5 Å². The summed E-state index contributed by atoms with van der Waals surface area (Å²) >= 11 is 0. The molecule has 1 aliphatic rings. The van der Waals surface area contributed by atoms with Crippen molar-refractivity contribution in [1.82, 2.24) is 5.32 Å². The molecule has 1 N–H and O–H groups in total. The normalized spacial score (nSPS) is 21.5. The first kappa shape index (κ1) is 12.5. The van der Waals surface area contributed by atoms with Gasteiger partial charge in [0, 0.05) is 18.0 Å². The van der Waals surface area contributed by atoms with Crippen LogP contribution >= 0.6 is 0 Å². The Bertz CT molecular complexity index is 395. The Morgan fingerprint density at radius 3 is 2.59 bits per heavy atom. The van der Waals surface area contributed by atoms with Crippen molar-refractivity contribution in [2.75, 3.05) is 13.1 Å². The minimum absolute atomic E-state index is 0.161. The van der Waals surface area contributed by atoms with E-state index in [4.69, 9.17) is 0 Å². The van der Waals surface area contributed by atoms with E-state index in [0.717, 1.165) is 24.1 Å². The molecule has 0 radical (unpaired) electrons. The van der Waals surface area contributed by atoms with Gasteiger partial charge in [-0.05, 0) is 50.4 Å². The van der Waals surface area contributed by atoms with Gasteiger partial charge >= 0.3 is 0 Å². The smallest absolute Gasteiger partial charge is 0.277 e. The first-order chi connectivity index (χ1) is 8.01. The van der Waals surface area contributed by atoms with Crippen LogP contribution in [0.5, 0.6) is 0 Å². The lowest BCUT2D eigenvalue weighted by Crippen LogP contribution is -2.39. The quantitative estimate of drug-likeness (QED) is 0.834. The number of alkyl halides is 2. The molecule has 0 amide bonds. The van der Waals surface area contributed by atoms with Crippen LogP contribution in [-0.4, -0.2) is 13.1 Å². The maximum atomic E-state index is 14.3. The van der Waals surface area contributed by atoms with Crippen LogP contribution in [0.3, 0.4) is 0 Å². The Morgan fingerprint density at radius 1 is 1.24 bits per heavy atom. The highest BCUT2D eigenvalue weighted by Gasteiger charge is 2.41. The first-order valence-electron chi connectivity index (χ1n) is 6.18. The third-order valence-electron chi connectivity index (χ3n) is 3.70. The molecule has 1 aliphatic heterocycles. The Kier molecular flexibility index (Phi) is 3.48. The summed E-state index contributed by atoms with van der Waals surface area (Å²) in [5.74, 6) is -3.29. The zero-order valence-corrected chi connectivity index (χ0v) is 10.4. The van der Waals surface area contributed by atoms with E-state index < -0.39 is 11.8 Å². The van der Waals surface area contributed by atoms with Gasteiger partial charge in [-0.25, -0.2) is 8.78 Å². The second-order valence-corrected chi connectivity index (χ2v) is 4.97. The molecular formula is C14H19F2N. The maximum Gasteiger partial charge on any atom is 0.277 e. The molecule has 1 heterocycles. The van der Waals surface area contributed by atoms with Crippen molar-refractivity contribution in [2.45, 2.75) is 32.6 Å². The summed E-state index contributed by atoms with van der Waals surface area (Å²) in [4.78, 5) is 0. The molecule has 0 aliphatic carbocycles. The number of hydrogen-bond acceptors (Lipinski definition) is 1. The zero-order valence-electron chi connectivity index (χ0n) is 10.4. The first-order valence-corrected chi connectivity index (χ1v) is 6.18. The van der Waals surface area contributed by atoms with Crippen molar-refractivity contribution in [3.05, 3.63) is 34.9 Å². The molecule has 1 unspecified atom stereocenters. The van der Waals surface area contributed by atoms with Crippen LogP contribution in [0, 0.1) is 19.8 Å². The molecule has 3 heteroatoms. The molecule has 0 spiro atoms. The largest absolute Gasteiger partial charge is 0.316 e. The Morgan fingerprint density at radius 2 is 2.00 bits per heavy atom. The van der Waals surface area contributed by atoms with E-state index in [-0.39, 0.29) is 5.56 Å². The monoisotopic (exact) mass is 239 g/mol. The summed E-state index contributed by atoms with van der Waals surface area (Å²) in [5, 5.41) is 3.06. The third-order valence-corrected chi connectivity index (χ3v) is 3.70. The summed E-state index contributed by atoms with van der Waals surface area (Å²) in [5.41, 5.74) is 2.16. The molecule has 0 saturated carbocycles. The molecule has 94 valence electrons. The molecule has 0 bridgehead atoms. The van der Waals surface area contributed by atoms with Gasteiger partial charge in [-0.1, -0.05) is 12.1 Å². The molecule has 1 aromatic carbocycles. The molecule has 1 aromatic rings. The fourth-order valence-electron chi connectivity index (χ4n) is 2.35. The molecular weight excluding hydrogens is 220 g/mol. The number of aryl methyl sites for hydroxylation is 2. The number of nitrogens with one attached hydrogen (secondary N) is 1. The molecule has 0 aromatic heterocycles. The molecule has 1 atom stereocenters. The molecule has 17 heavy (non-hydrogen) atoms. The molecule has 1 fully saturated rings. The van der Waals surface area contributed by atoms with Crippen LogP contribution < -0.4 is 5.32 Å². The average Bonchev–Trinajstić information content (AvgIpc) is 2.33. The van der Waals surface area contributed by atoms with E-state index in [2.05, 4.69) is 5.32 Å². The Balaban J connectivity index is 2.26. The average molecular weight is 239 g/mol. The van der Waals surface area contributed by atoms with Gasteiger partial charge in [-0.2, -0.15) is 0 Å². The highest BCUT2D eigenvalue weighted by molar-refractivity contribution is 5.32. The minimum Gasteiger partial charge on any atom is -0.316 e. The van der Waals surface area contributed by atoms with Crippen molar-refractivity contribution in [2.24, 2.45) is 5.92 Å². The fourth-order valence-corrected chi connectivity index (χ4v) is 2.35. The lowest BCUT2D eigenvalue weighted by molar-refractivity contribution is -0.0725. The Hall–Kier alpha value is -0.960. The Labute approximate surface area is 101 Å². The lowest BCUT2D eigenvalue weighted by atomic mass is 9.87. The van der Waals surface area contributed by atoms with Crippen LogP contribution in [0.4, 0.5) is 8.78 Å². The van der Waals surface area contributed by atoms with Crippen molar-refractivity contribution in [3.63, 3.8) is 0 Å². The van der Waals surface area contributed by atoms with Crippen molar-refractivity contribution in [3.8, 4) is 0 Å². The van der Waals surface area contributed by atoms with Crippen LogP contribution in [0.15, 0.2) is 18.2 Å². The van der Waals surface area contributed by atoms with Crippen LogP contribution in [0.25, 0.3) is 0 Å². The number of rotatable bonds is 2. The number of piperidine rings is 1. The summed E-state index contributed by atoms with van der Waals surface area (Å²) in [6.45, 7) is 5.10. The lowest BCUT2D eigenvalue weighted by Gasteiger charge is -2.31. The van der Waals surface area contributed by atoms with Crippen LogP contribution in [0.2, 0.25) is 0 Å². The molecule has 2 rings (SSSR count). The van der Waals surface area contributed by atoms with E-state index in [1.165, 1.54) is 0 Å². The number of hydrogen-bond donors (Lipinski definition) is 1. The van der Waals surface area contributed by atoms with E-state index >= 15 is 0 Å². The van der Waals surface area contributed by atoms with Gasteiger partial charge in [0.1, 0.15) is 0 Å². The summed E-state index contributed by atoms with van der Waals surface area (Å²) < 4.78 is 28.6. The predicted molar refractivity (Wildman–Crippen MR) is 65.4 cm³/mol. The van der Waals surface area contributed by atoms with Gasteiger partial charge < -0.3 is 5.32 Å². The molecule has 1 nitrogen and oxygen atoms in total. The third kappa shape index (κ3) is 2.49. The van der Waals surface area contributed by atoms with Crippen molar-refractivity contribution < 1.29 is 8.78 Å². The van der Waals surface area contributed by atoms with Crippen LogP contribution in [-0.2, 0) is 5.92 Å². The SMILES string of the molecule is Cc1ccc(C(F)(F)C2CCCNC2)cc1C. The molecule has 1 saturated heterocycles. The predicted octanol–water partition coefficient (Wildman–Crippen LogP) is 3.39. The van der Waals surface area contributed by atoms with Crippen molar-refractivity contribution in [1.29, 1.82) is 0 Å². The highest BCUT2D eigenvalue weighted by Crippen LogP contribution is 2.39. The van der Waals surface area contributed by atoms with Gasteiger partial charge in [0.2, 0.25) is 0 Å². The van der Waals surface area contributed by atoms with E-state index in [9.17, 15) is 8.78 Å². The van der Waals surface area contributed by atoms with Gasteiger partial charge in [-0.3, -0.25) is 0 Å². The maximum absolute atomic E-state index is 14.3. The number of benzene rings is 1. The van der Waals surface area contributed by atoms with Gasteiger partial charge in [0.15, 0.2) is 0 Å². The minimum atomic E-state index is -2.72. The second-order valence-electron chi connectivity index (χ2n) is 4.97. The van der Waals surface area contributed by atoms with E-state index in [0.29, 0.717) is 13.0 Å². The van der Waals surface area contributed by atoms with E-state index in [1.807, 2.05) is 13.8 Å². The standard InChI is InChI=1S/C14H19F2N/c1-10-5-6-12(8-11(10)2)14(15,16)13-4-3-7-17-9-13/h5-6,8,13,17H,3-4,7,9H2,1-2H3. The van der Waals surface area contributed by atoms with Gasteiger partial charge in [-0.15, -0.1) is 0 Å². The summed E-state index contributed by atoms with van der Waals surface area (Å²) in [6, 6.07) is 4.98. The van der Waals surface area contributed by atoms with Gasteiger partial charge in [0.25, 0.3) is 5.92 Å². The summed E-state index contributed by atoms with van der Waals surface area (Å²) in [6.07, 6.45) is 1.44. The fraction of sp³-hybridized carbons (Fsp3) is 0.571. The van der Waals surface area contributed by atoms with E-state index in [1.54, 1.807) is 18.2 Å².